The van der Waals surface area contributed by atoms with E-state index in [1.807, 2.05) is 6.92 Å². The maximum atomic E-state index is 12.0. The van der Waals surface area contributed by atoms with Gasteiger partial charge in [0.05, 0.1) is 6.61 Å². The number of carbonyl (C=O) groups excluding carboxylic acids is 1. The van der Waals surface area contributed by atoms with E-state index in [1.54, 1.807) is 0 Å². The third kappa shape index (κ3) is 2.16. The van der Waals surface area contributed by atoms with Gasteiger partial charge in [-0.3, -0.25) is 9.59 Å². The second-order valence-corrected chi connectivity index (χ2v) is 5.13. The predicted molar refractivity (Wildman–Crippen MR) is 60.5 cm³/mol. The molecule has 2 aliphatic rings. The second kappa shape index (κ2) is 4.64. The van der Waals surface area contributed by atoms with E-state index in [9.17, 15) is 9.59 Å². The van der Waals surface area contributed by atoms with Gasteiger partial charge in [-0.1, -0.05) is 6.42 Å². The van der Waals surface area contributed by atoms with Crippen molar-refractivity contribution in [1.82, 2.24) is 5.32 Å². The quantitative estimate of drug-likeness (QED) is 0.713. The number of carboxylic acids is 1. The van der Waals surface area contributed by atoms with Crippen LogP contribution in [-0.4, -0.2) is 36.2 Å². The molecule has 1 aliphatic carbocycles. The van der Waals surface area contributed by atoms with E-state index in [4.69, 9.17) is 9.84 Å². The van der Waals surface area contributed by atoms with Gasteiger partial charge < -0.3 is 15.2 Å². The summed E-state index contributed by atoms with van der Waals surface area (Å²) in [6.07, 6.45) is 2.67. The van der Waals surface area contributed by atoms with Crippen LogP contribution >= 0.6 is 0 Å². The third-order valence-electron chi connectivity index (χ3n) is 4.08. The lowest BCUT2D eigenvalue weighted by atomic mass is 9.68. The van der Waals surface area contributed by atoms with E-state index in [2.05, 4.69) is 5.32 Å². The third-order valence-corrected chi connectivity index (χ3v) is 4.08. The summed E-state index contributed by atoms with van der Waals surface area (Å²) >= 11 is 0. The number of carbonyl (C=O) groups is 2. The molecule has 1 aliphatic heterocycles. The van der Waals surface area contributed by atoms with E-state index < -0.39 is 11.4 Å². The zero-order chi connectivity index (χ0) is 12.5. The number of nitrogens with one attached hydrogen (secondary N) is 1. The highest BCUT2D eigenvalue weighted by Crippen LogP contribution is 2.41. The normalized spacial score (nSPS) is 28.2. The van der Waals surface area contributed by atoms with Crippen LogP contribution in [0.1, 0.15) is 32.6 Å². The van der Waals surface area contributed by atoms with Crippen LogP contribution in [0.3, 0.4) is 0 Å². The molecule has 0 bridgehead atoms. The van der Waals surface area contributed by atoms with Gasteiger partial charge in [-0.15, -0.1) is 0 Å². The summed E-state index contributed by atoms with van der Waals surface area (Å²) in [6, 6.07) is -0.0122. The highest BCUT2D eigenvalue weighted by Gasteiger charge is 2.51. The summed E-state index contributed by atoms with van der Waals surface area (Å²) in [5.41, 5.74) is -1.16. The van der Waals surface area contributed by atoms with Gasteiger partial charge in [-0.05, 0) is 26.2 Å². The van der Waals surface area contributed by atoms with Crippen LogP contribution in [0.15, 0.2) is 0 Å². The van der Waals surface area contributed by atoms with Crippen LogP contribution in [-0.2, 0) is 14.3 Å². The number of amides is 1. The molecule has 96 valence electrons. The molecule has 17 heavy (non-hydrogen) atoms. The average molecular weight is 241 g/mol. The summed E-state index contributed by atoms with van der Waals surface area (Å²) in [5, 5.41) is 12.0. The van der Waals surface area contributed by atoms with Crippen LogP contribution in [0.5, 0.6) is 0 Å². The number of hydrogen-bond acceptors (Lipinski definition) is 3. The van der Waals surface area contributed by atoms with Crippen LogP contribution in [0.25, 0.3) is 0 Å². The van der Waals surface area contributed by atoms with Crippen molar-refractivity contribution < 1.29 is 19.4 Å². The first-order valence-electron chi connectivity index (χ1n) is 6.18. The molecule has 2 rings (SSSR count). The molecule has 0 spiro atoms. The van der Waals surface area contributed by atoms with Crippen LogP contribution < -0.4 is 5.32 Å². The molecule has 2 unspecified atom stereocenters. The molecule has 0 aromatic heterocycles. The first-order chi connectivity index (χ1) is 8.06. The molecule has 0 aromatic rings. The van der Waals surface area contributed by atoms with Crippen molar-refractivity contribution >= 4 is 11.9 Å². The van der Waals surface area contributed by atoms with Crippen LogP contribution in [0, 0.1) is 11.3 Å². The second-order valence-electron chi connectivity index (χ2n) is 5.13. The molecule has 5 nitrogen and oxygen atoms in total. The molecule has 1 amide bonds. The Hall–Kier alpha value is -1.10. The van der Waals surface area contributed by atoms with Crippen molar-refractivity contribution in [1.29, 1.82) is 0 Å². The molecule has 5 heteroatoms. The zero-order valence-corrected chi connectivity index (χ0v) is 10.1. The van der Waals surface area contributed by atoms with Gasteiger partial charge in [-0.25, -0.2) is 0 Å². The Morgan fingerprint density at radius 3 is 2.59 bits per heavy atom. The number of ether oxygens (including phenoxy) is 1. The summed E-state index contributed by atoms with van der Waals surface area (Å²) < 4.78 is 5.27. The Labute approximate surface area is 101 Å². The lowest BCUT2D eigenvalue weighted by Crippen LogP contribution is -2.54. The lowest BCUT2D eigenvalue weighted by Gasteiger charge is -2.37. The van der Waals surface area contributed by atoms with E-state index in [1.165, 1.54) is 0 Å². The van der Waals surface area contributed by atoms with E-state index in [0.29, 0.717) is 25.4 Å². The van der Waals surface area contributed by atoms with Gasteiger partial charge in [0.1, 0.15) is 5.41 Å². The number of rotatable bonds is 4. The first kappa shape index (κ1) is 12.4. The smallest absolute Gasteiger partial charge is 0.319 e. The van der Waals surface area contributed by atoms with Gasteiger partial charge in [0.2, 0.25) is 5.91 Å². The molecular formula is C12H19NO4. The van der Waals surface area contributed by atoms with E-state index in [0.717, 1.165) is 19.4 Å². The fourth-order valence-electron chi connectivity index (χ4n) is 2.48. The standard InChI is InChI=1S/C12H19NO4/c1-8(9-3-6-17-7-9)13-10(14)12(11(15)16)4-2-5-12/h8-9H,2-7H2,1H3,(H,13,14)(H,15,16). The van der Waals surface area contributed by atoms with Gasteiger partial charge in [0.25, 0.3) is 0 Å². The summed E-state index contributed by atoms with van der Waals surface area (Å²) in [7, 11) is 0. The number of carboxylic acid groups (broad SMARTS) is 1. The minimum atomic E-state index is -1.16. The monoisotopic (exact) mass is 241 g/mol. The van der Waals surface area contributed by atoms with Gasteiger partial charge in [0, 0.05) is 18.6 Å². The van der Waals surface area contributed by atoms with Gasteiger partial charge in [-0.2, -0.15) is 0 Å². The maximum Gasteiger partial charge on any atom is 0.319 e. The molecule has 2 N–H and O–H groups in total. The highest BCUT2D eigenvalue weighted by molar-refractivity contribution is 6.02. The number of aliphatic carboxylic acids is 1. The Morgan fingerprint density at radius 2 is 2.18 bits per heavy atom. The molecular weight excluding hydrogens is 222 g/mol. The topological polar surface area (TPSA) is 75.6 Å². The predicted octanol–water partition coefficient (Wildman–Crippen LogP) is 0.782. The van der Waals surface area contributed by atoms with Crippen molar-refractivity contribution in [3.8, 4) is 0 Å². The Bertz CT molecular complexity index is 318. The van der Waals surface area contributed by atoms with Crippen LogP contribution in [0.2, 0.25) is 0 Å². The Kier molecular flexibility index (Phi) is 3.38. The summed E-state index contributed by atoms with van der Waals surface area (Å²) in [5.74, 6) is -1.00. The van der Waals surface area contributed by atoms with E-state index >= 15 is 0 Å². The Balaban J connectivity index is 1.93. The summed E-state index contributed by atoms with van der Waals surface area (Å²) in [6.45, 7) is 3.31. The van der Waals surface area contributed by atoms with Gasteiger partial charge in [0.15, 0.2) is 0 Å². The molecule has 1 saturated heterocycles. The lowest BCUT2D eigenvalue weighted by molar-refractivity contribution is -0.162. The average Bonchev–Trinajstić information content (AvgIpc) is 2.66. The zero-order valence-electron chi connectivity index (χ0n) is 10.1. The SMILES string of the molecule is CC(NC(=O)C1(C(=O)O)CCC1)C1CCOC1. The molecule has 1 heterocycles. The largest absolute Gasteiger partial charge is 0.480 e. The van der Waals surface area contributed by atoms with Crippen molar-refractivity contribution in [2.24, 2.45) is 11.3 Å². The molecule has 2 fully saturated rings. The first-order valence-corrected chi connectivity index (χ1v) is 6.18. The molecule has 0 radical (unpaired) electrons. The van der Waals surface area contributed by atoms with Gasteiger partial charge >= 0.3 is 5.97 Å². The Morgan fingerprint density at radius 1 is 1.47 bits per heavy atom. The van der Waals surface area contributed by atoms with E-state index in [-0.39, 0.29) is 11.9 Å². The summed E-state index contributed by atoms with van der Waals surface area (Å²) in [4.78, 5) is 23.2. The van der Waals surface area contributed by atoms with Crippen molar-refractivity contribution in [3.05, 3.63) is 0 Å². The van der Waals surface area contributed by atoms with Crippen LogP contribution in [0.4, 0.5) is 0 Å². The minimum absolute atomic E-state index is 0.0122. The highest BCUT2D eigenvalue weighted by atomic mass is 16.5. The van der Waals surface area contributed by atoms with Crippen molar-refractivity contribution in [2.45, 2.75) is 38.6 Å². The number of hydrogen-bond donors (Lipinski definition) is 2. The minimum Gasteiger partial charge on any atom is -0.480 e. The fourth-order valence-corrected chi connectivity index (χ4v) is 2.48. The molecule has 2 atom stereocenters. The fraction of sp³-hybridized carbons (Fsp3) is 0.833. The molecule has 0 aromatic carbocycles. The van der Waals surface area contributed by atoms with Crippen molar-refractivity contribution in [3.63, 3.8) is 0 Å². The van der Waals surface area contributed by atoms with Crippen molar-refractivity contribution in [2.75, 3.05) is 13.2 Å². The maximum absolute atomic E-state index is 12.0. The molecule has 1 saturated carbocycles.